The number of rotatable bonds is 1. The Morgan fingerprint density at radius 2 is 1.93 bits per heavy atom. The van der Waals surface area contributed by atoms with Crippen LogP contribution in [-0.4, -0.2) is 6.54 Å². The van der Waals surface area contributed by atoms with Gasteiger partial charge in [-0.1, -0.05) is 6.07 Å². The van der Waals surface area contributed by atoms with Crippen molar-refractivity contribution in [3.05, 3.63) is 35.1 Å². The van der Waals surface area contributed by atoms with Crippen molar-refractivity contribution in [2.24, 2.45) is 0 Å². The Kier molecular flexibility index (Phi) is 2.42. The fourth-order valence-electron chi connectivity index (χ4n) is 1.54. The zero-order valence-electron chi connectivity index (χ0n) is 7.74. The standard InChI is InChI=1S/C10H9F4N/c11-8-5-6(10(12,13)14)1-2-7(8)9-3-4-15-9/h1-2,5,9,15H,3-4H2/t9-/m1/s1. The first-order valence-electron chi connectivity index (χ1n) is 4.58. The van der Waals surface area contributed by atoms with Gasteiger partial charge in [0.25, 0.3) is 0 Å². The summed E-state index contributed by atoms with van der Waals surface area (Å²) in [6.07, 6.45) is -3.71. The topological polar surface area (TPSA) is 12.0 Å². The molecule has 15 heavy (non-hydrogen) atoms. The smallest absolute Gasteiger partial charge is 0.310 e. The molecule has 0 aromatic heterocycles. The van der Waals surface area contributed by atoms with E-state index >= 15 is 0 Å². The molecule has 0 radical (unpaired) electrons. The predicted octanol–water partition coefficient (Wildman–Crippen LogP) is 2.88. The Morgan fingerprint density at radius 1 is 1.27 bits per heavy atom. The highest BCUT2D eigenvalue weighted by atomic mass is 19.4. The van der Waals surface area contributed by atoms with Crippen LogP contribution >= 0.6 is 0 Å². The van der Waals surface area contributed by atoms with Crippen molar-refractivity contribution in [1.82, 2.24) is 5.32 Å². The highest BCUT2D eigenvalue weighted by Crippen LogP contribution is 2.32. The lowest BCUT2D eigenvalue weighted by molar-refractivity contribution is -0.137. The maximum absolute atomic E-state index is 13.3. The van der Waals surface area contributed by atoms with Gasteiger partial charge in [-0.3, -0.25) is 0 Å². The van der Waals surface area contributed by atoms with Gasteiger partial charge in [0, 0.05) is 11.6 Å². The third-order valence-electron chi connectivity index (χ3n) is 2.53. The minimum atomic E-state index is -4.48. The summed E-state index contributed by atoms with van der Waals surface area (Å²) in [4.78, 5) is 0. The van der Waals surface area contributed by atoms with Crippen molar-refractivity contribution < 1.29 is 17.6 Å². The first kappa shape index (κ1) is 10.4. The summed E-state index contributed by atoms with van der Waals surface area (Å²) < 4.78 is 50.0. The van der Waals surface area contributed by atoms with Gasteiger partial charge in [0.05, 0.1) is 5.56 Å². The van der Waals surface area contributed by atoms with E-state index in [0.29, 0.717) is 11.6 Å². The maximum Gasteiger partial charge on any atom is 0.416 e. The van der Waals surface area contributed by atoms with E-state index in [1.165, 1.54) is 6.07 Å². The molecular weight excluding hydrogens is 210 g/mol. The third-order valence-corrected chi connectivity index (χ3v) is 2.53. The molecular formula is C10H9F4N. The molecule has 1 aromatic rings. The number of nitrogens with one attached hydrogen (secondary N) is 1. The molecule has 5 heteroatoms. The summed E-state index contributed by atoms with van der Waals surface area (Å²) >= 11 is 0. The van der Waals surface area contributed by atoms with E-state index in [2.05, 4.69) is 5.32 Å². The highest BCUT2D eigenvalue weighted by molar-refractivity contribution is 5.29. The van der Waals surface area contributed by atoms with Crippen molar-refractivity contribution >= 4 is 0 Å². The Bertz CT molecular complexity index is 368. The maximum atomic E-state index is 13.3. The number of benzene rings is 1. The van der Waals surface area contributed by atoms with Crippen LogP contribution in [0.15, 0.2) is 18.2 Å². The highest BCUT2D eigenvalue weighted by Gasteiger charge is 2.32. The Labute approximate surface area is 84.1 Å². The van der Waals surface area contributed by atoms with Gasteiger partial charge in [-0.15, -0.1) is 0 Å². The van der Waals surface area contributed by atoms with E-state index in [1.807, 2.05) is 0 Å². The summed E-state index contributed by atoms with van der Waals surface area (Å²) in [6, 6.07) is 2.54. The second-order valence-corrected chi connectivity index (χ2v) is 3.53. The van der Waals surface area contributed by atoms with Crippen LogP contribution < -0.4 is 5.32 Å². The van der Waals surface area contributed by atoms with Crippen LogP contribution in [0.3, 0.4) is 0 Å². The molecule has 0 aliphatic carbocycles. The van der Waals surface area contributed by atoms with Crippen LogP contribution in [0.2, 0.25) is 0 Å². The van der Waals surface area contributed by atoms with Crippen LogP contribution in [0.25, 0.3) is 0 Å². The van der Waals surface area contributed by atoms with Crippen LogP contribution in [-0.2, 0) is 6.18 Å². The molecule has 1 saturated heterocycles. The molecule has 1 heterocycles. The summed E-state index contributed by atoms with van der Waals surface area (Å²) in [6.45, 7) is 0.783. The molecule has 1 aliphatic rings. The van der Waals surface area contributed by atoms with Gasteiger partial charge in [-0.25, -0.2) is 4.39 Å². The first-order chi connectivity index (χ1) is 6.98. The lowest BCUT2D eigenvalue weighted by atomic mass is 9.96. The molecule has 0 amide bonds. The summed E-state index contributed by atoms with van der Waals surface area (Å²) in [5.41, 5.74) is -0.627. The summed E-state index contributed by atoms with van der Waals surface area (Å²) in [7, 11) is 0. The number of hydrogen-bond acceptors (Lipinski definition) is 1. The largest absolute Gasteiger partial charge is 0.416 e. The Hall–Kier alpha value is -1.10. The molecule has 0 bridgehead atoms. The van der Waals surface area contributed by atoms with E-state index in [9.17, 15) is 17.6 Å². The van der Waals surface area contributed by atoms with Crippen LogP contribution in [0.1, 0.15) is 23.6 Å². The molecule has 82 valence electrons. The second kappa shape index (κ2) is 3.48. The van der Waals surface area contributed by atoms with Crippen molar-refractivity contribution in [2.75, 3.05) is 6.54 Å². The predicted molar refractivity (Wildman–Crippen MR) is 46.8 cm³/mol. The molecule has 1 fully saturated rings. The average Bonchev–Trinajstić information content (AvgIpc) is 2.03. The zero-order valence-corrected chi connectivity index (χ0v) is 7.74. The summed E-state index contributed by atoms with van der Waals surface area (Å²) in [5, 5.41) is 2.94. The third kappa shape index (κ3) is 1.97. The van der Waals surface area contributed by atoms with Gasteiger partial charge in [0.1, 0.15) is 5.82 Å². The number of hydrogen-bond donors (Lipinski definition) is 1. The van der Waals surface area contributed by atoms with Gasteiger partial charge in [-0.2, -0.15) is 13.2 Å². The minimum absolute atomic E-state index is 0.132. The number of alkyl halides is 3. The molecule has 0 spiro atoms. The van der Waals surface area contributed by atoms with Crippen molar-refractivity contribution in [2.45, 2.75) is 18.6 Å². The Balaban J connectivity index is 2.30. The lowest BCUT2D eigenvalue weighted by Gasteiger charge is -2.28. The normalized spacial score (nSPS) is 21.2. The first-order valence-corrected chi connectivity index (χ1v) is 4.58. The summed E-state index contributed by atoms with van der Waals surface area (Å²) in [5.74, 6) is -0.790. The van der Waals surface area contributed by atoms with Crippen LogP contribution in [0.5, 0.6) is 0 Å². The van der Waals surface area contributed by atoms with E-state index < -0.39 is 17.6 Å². The van der Waals surface area contributed by atoms with E-state index in [-0.39, 0.29) is 6.04 Å². The molecule has 1 aromatic carbocycles. The van der Waals surface area contributed by atoms with Crippen LogP contribution in [0.4, 0.5) is 17.6 Å². The quantitative estimate of drug-likeness (QED) is 0.716. The van der Waals surface area contributed by atoms with E-state index in [0.717, 1.165) is 19.0 Å². The van der Waals surface area contributed by atoms with Gasteiger partial charge >= 0.3 is 6.18 Å². The van der Waals surface area contributed by atoms with Gasteiger partial charge < -0.3 is 5.32 Å². The molecule has 0 unspecified atom stereocenters. The molecule has 1 N–H and O–H groups in total. The second-order valence-electron chi connectivity index (χ2n) is 3.53. The monoisotopic (exact) mass is 219 g/mol. The van der Waals surface area contributed by atoms with Crippen molar-refractivity contribution in [3.8, 4) is 0 Å². The SMILES string of the molecule is Fc1cc(C(F)(F)F)ccc1[C@H]1CCN1. The molecule has 1 nitrogen and oxygen atoms in total. The van der Waals surface area contributed by atoms with Crippen LogP contribution in [0, 0.1) is 5.82 Å². The molecule has 1 atom stereocenters. The van der Waals surface area contributed by atoms with Gasteiger partial charge in [0.15, 0.2) is 0 Å². The van der Waals surface area contributed by atoms with E-state index in [4.69, 9.17) is 0 Å². The molecule has 0 saturated carbocycles. The fraction of sp³-hybridized carbons (Fsp3) is 0.400. The minimum Gasteiger partial charge on any atom is -0.310 e. The lowest BCUT2D eigenvalue weighted by Crippen LogP contribution is -2.35. The molecule has 1 aliphatic heterocycles. The number of halogens is 4. The Morgan fingerprint density at radius 3 is 2.33 bits per heavy atom. The van der Waals surface area contributed by atoms with Gasteiger partial charge in [0.2, 0.25) is 0 Å². The fourth-order valence-corrected chi connectivity index (χ4v) is 1.54. The van der Waals surface area contributed by atoms with Gasteiger partial charge in [-0.05, 0) is 25.1 Å². The zero-order chi connectivity index (χ0) is 11.1. The van der Waals surface area contributed by atoms with E-state index in [1.54, 1.807) is 0 Å². The average molecular weight is 219 g/mol. The van der Waals surface area contributed by atoms with Crippen molar-refractivity contribution in [1.29, 1.82) is 0 Å². The van der Waals surface area contributed by atoms with Crippen molar-refractivity contribution in [3.63, 3.8) is 0 Å². The molecule has 2 rings (SSSR count).